The molecule has 1 spiro atoms. The number of carbonyl (C=O) groups is 3. The van der Waals surface area contributed by atoms with E-state index in [9.17, 15) is 19.5 Å². The van der Waals surface area contributed by atoms with E-state index in [1.165, 1.54) is 6.08 Å². The maximum atomic E-state index is 14.3. The van der Waals surface area contributed by atoms with Crippen LogP contribution in [0.1, 0.15) is 52.9 Å². The van der Waals surface area contributed by atoms with Gasteiger partial charge >= 0.3 is 5.97 Å². The molecule has 2 bridgehead atoms. The van der Waals surface area contributed by atoms with Crippen molar-refractivity contribution in [3.05, 3.63) is 25.3 Å². The molecule has 4 unspecified atom stereocenters. The fourth-order valence-electron chi connectivity index (χ4n) is 6.30. The third-order valence-electron chi connectivity index (χ3n) is 7.75. The quantitative estimate of drug-likeness (QED) is 0.242. The van der Waals surface area contributed by atoms with Gasteiger partial charge in [0.05, 0.1) is 16.6 Å². The van der Waals surface area contributed by atoms with Crippen LogP contribution in [0.15, 0.2) is 25.3 Å². The number of hydrogen-bond acceptors (Lipinski definition) is 6. The van der Waals surface area contributed by atoms with Gasteiger partial charge in [-0.3, -0.25) is 14.4 Å². The number of aliphatic hydroxyl groups excluding tert-OH is 1. The summed E-state index contributed by atoms with van der Waals surface area (Å²) in [7, 11) is 0. The number of fused-ring (bicyclic) bond motifs is 1. The van der Waals surface area contributed by atoms with Gasteiger partial charge in [0.1, 0.15) is 12.6 Å². The Morgan fingerprint density at radius 1 is 1.35 bits per heavy atom. The molecule has 3 aliphatic heterocycles. The molecule has 0 saturated carbocycles. The molecule has 3 rings (SSSR count). The molecular weight excluding hydrogens is 452 g/mol. The summed E-state index contributed by atoms with van der Waals surface area (Å²) in [6, 6.07) is -0.613. The average molecular weight is 493 g/mol. The first-order chi connectivity index (χ1) is 16.3. The maximum Gasteiger partial charge on any atom is 0.311 e. The van der Waals surface area contributed by atoms with E-state index in [1.807, 2.05) is 11.8 Å². The fraction of sp³-hybridized carbons (Fsp3) is 0.731. The van der Waals surface area contributed by atoms with Crippen LogP contribution in [-0.4, -0.2) is 81.1 Å². The van der Waals surface area contributed by atoms with E-state index >= 15 is 0 Å². The van der Waals surface area contributed by atoms with E-state index in [2.05, 4.69) is 27.0 Å². The number of aliphatic hydroxyl groups is 1. The Bertz CT molecular complexity index is 804. The van der Waals surface area contributed by atoms with Crippen molar-refractivity contribution in [2.75, 3.05) is 26.3 Å². The minimum atomic E-state index is -0.652. The highest BCUT2D eigenvalue weighted by atomic mass is 32.2. The van der Waals surface area contributed by atoms with E-state index in [0.717, 1.165) is 19.3 Å². The Labute approximate surface area is 208 Å². The fourth-order valence-corrected chi connectivity index (χ4v) is 8.70. The van der Waals surface area contributed by atoms with E-state index in [-0.39, 0.29) is 48.2 Å². The molecule has 3 heterocycles. The SMILES string of the molecule is C=CCOC(=O)[C@@H]1[C@@H]2CC(C)C3(S2)C(C(=O)N(CC=C)C(C)CCC)N(CCCCO)C(=O)[C@H]13. The molecule has 3 saturated heterocycles. The number of carbonyl (C=O) groups excluding carboxylic acids is 3. The van der Waals surface area contributed by atoms with Crippen molar-refractivity contribution in [1.29, 1.82) is 0 Å². The molecular formula is C26H40N2O5S. The first kappa shape index (κ1) is 26.8. The van der Waals surface area contributed by atoms with E-state index in [0.29, 0.717) is 25.9 Å². The zero-order valence-electron chi connectivity index (χ0n) is 20.8. The van der Waals surface area contributed by atoms with Gasteiger partial charge < -0.3 is 19.6 Å². The summed E-state index contributed by atoms with van der Waals surface area (Å²) in [6.45, 7) is 14.7. The Morgan fingerprint density at radius 3 is 2.71 bits per heavy atom. The maximum absolute atomic E-state index is 14.3. The highest BCUT2D eigenvalue weighted by Gasteiger charge is 2.76. The second kappa shape index (κ2) is 11.3. The van der Waals surface area contributed by atoms with Crippen LogP contribution in [-0.2, 0) is 19.1 Å². The van der Waals surface area contributed by atoms with Crippen LogP contribution in [0, 0.1) is 17.8 Å². The Balaban J connectivity index is 2.03. The molecule has 190 valence electrons. The Kier molecular flexibility index (Phi) is 8.90. The minimum absolute atomic E-state index is 0.0209. The highest BCUT2D eigenvalue weighted by molar-refractivity contribution is 8.02. The molecule has 0 aliphatic carbocycles. The van der Waals surface area contributed by atoms with Crippen LogP contribution >= 0.6 is 11.8 Å². The molecule has 2 amide bonds. The lowest BCUT2D eigenvalue weighted by atomic mass is 9.66. The van der Waals surface area contributed by atoms with Crippen LogP contribution in [0.25, 0.3) is 0 Å². The largest absolute Gasteiger partial charge is 0.461 e. The first-order valence-corrected chi connectivity index (χ1v) is 13.5. The molecule has 3 fully saturated rings. The zero-order valence-corrected chi connectivity index (χ0v) is 21.6. The van der Waals surface area contributed by atoms with Crippen molar-refractivity contribution in [3.8, 4) is 0 Å². The first-order valence-electron chi connectivity index (χ1n) is 12.6. The second-order valence-corrected chi connectivity index (χ2v) is 11.4. The van der Waals surface area contributed by atoms with Crippen molar-refractivity contribution >= 4 is 29.5 Å². The summed E-state index contributed by atoms with van der Waals surface area (Å²) in [5.74, 6) is -1.55. The average Bonchev–Trinajstić information content (AvgIpc) is 3.39. The topological polar surface area (TPSA) is 87.2 Å². The van der Waals surface area contributed by atoms with Crippen molar-refractivity contribution < 1.29 is 24.2 Å². The molecule has 7 atom stereocenters. The summed E-state index contributed by atoms with van der Waals surface area (Å²) < 4.78 is 4.77. The van der Waals surface area contributed by atoms with E-state index < -0.39 is 22.6 Å². The molecule has 3 aliphatic rings. The van der Waals surface area contributed by atoms with Gasteiger partial charge in [-0.15, -0.1) is 18.3 Å². The number of rotatable bonds is 13. The smallest absolute Gasteiger partial charge is 0.311 e. The molecule has 0 radical (unpaired) electrons. The summed E-state index contributed by atoms with van der Waals surface area (Å²) in [6.07, 6.45) is 7.03. The van der Waals surface area contributed by atoms with Crippen molar-refractivity contribution in [3.63, 3.8) is 0 Å². The number of amides is 2. The third kappa shape index (κ3) is 4.43. The zero-order chi connectivity index (χ0) is 25.0. The second-order valence-electron chi connectivity index (χ2n) is 9.85. The normalized spacial score (nSPS) is 32.4. The molecule has 8 heteroatoms. The van der Waals surface area contributed by atoms with Gasteiger partial charge in [-0.25, -0.2) is 0 Å². The molecule has 34 heavy (non-hydrogen) atoms. The number of unbranched alkanes of at least 4 members (excludes halogenated alkanes) is 1. The lowest BCUT2D eigenvalue weighted by Crippen LogP contribution is -2.58. The standard InChI is InChI=1S/C26H40N2O5S/c1-6-11-18(5)27(12-7-2)24(31)22-26-17(4)16-19(34-26)20(25(32)33-15-8-3)21(26)23(30)28(22)13-9-10-14-29/h7-8,17-22,29H,2-3,6,9-16H2,1,4-5H3/t17?,18?,19-,20+,21-,22?,26?/m0/s1. The number of thioether (sulfide) groups is 1. The van der Waals surface area contributed by atoms with E-state index in [4.69, 9.17) is 4.74 Å². The predicted molar refractivity (Wildman–Crippen MR) is 134 cm³/mol. The molecule has 0 aromatic rings. The van der Waals surface area contributed by atoms with Gasteiger partial charge in [0.25, 0.3) is 0 Å². The van der Waals surface area contributed by atoms with Gasteiger partial charge in [-0.2, -0.15) is 0 Å². The van der Waals surface area contributed by atoms with Crippen molar-refractivity contribution in [1.82, 2.24) is 9.80 Å². The number of esters is 1. The molecule has 7 nitrogen and oxygen atoms in total. The predicted octanol–water partition coefficient (Wildman–Crippen LogP) is 3.03. The van der Waals surface area contributed by atoms with Crippen molar-refractivity contribution in [2.45, 2.75) is 75.0 Å². The number of ether oxygens (including phenoxy) is 1. The Hall–Kier alpha value is -1.80. The summed E-state index contributed by atoms with van der Waals surface area (Å²) >= 11 is 1.66. The Morgan fingerprint density at radius 2 is 2.09 bits per heavy atom. The lowest BCUT2D eigenvalue weighted by molar-refractivity contribution is -0.153. The van der Waals surface area contributed by atoms with Gasteiger partial charge in [-0.1, -0.05) is 39.0 Å². The van der Waals surface area contributed by atoms with E-state index in [1.54, 1.807) is 22.7 Å². The van der Waals surface area contributed by atoms with Crippen LogP contribution in [0.2, 0.25) is 0 Å². The minimum Gasteiger partial charge on any atom is -0.461 e. The summed E-state index contributed by atoms with van der Waals surface area (Å²) in [4.78, 5) is 44.8. The van der Waals surface area contributed by atoms with Gasteiger partial charge in [-0.05, 0) is 38.5 Å². The highest BCUT2D eigenvalue weighted by Crippen LogP contribution is 2.68. The summed E-state index contributed by atoms with van der Waals surface area (Å²) in [5.41, 5.74) is 0. The van der Waals surface area contributed by atoms with Crippen molar-refractivity contribution in [2.24, 2.45) is 17.8 Å². The van der Waals surface area contributed by atoms with Gasteiger partial charge in [0.15, 0.2) is 0 Å². The van der Waals surface area contributed by atoms with Crippen LogP contribution in [0.5, 0.6) is 0 Å². The molecule has 0 aromatic carbocycles. The summed E-state index contributed by atoms with van der Waals surface area (Å²) in [5, 5.41) is 9.28. The monoisotopic (exact) mass is 492 g/mol. The van der Waals surface area contributed by atoms with Crippen LogP contribution < -0.4 is 0 Å². The van der Waals surface area contributed by atoms with Gasteiger partial charge in [0, 0.05) is 31.0 Å². The lowest BCUT2D eigenvalue weighted by Gasteiger charge is -2.41. The third-order valence-corrected chi connectivity index (χ3v) is 9.83. The molecule has 0 aromatic heterocycles. The number of hydrogen-bond donors (Lipinski definition) is 1. The number of likely N-dealkylation sites (tertiary alicyclic amines) is 1. The van der Waals surface area contributed by atoms with Gasteiger partial charge in [0.2, 0.25) is 11.8 Å². The number of nitrogens with zero attached hydrogens (tertiary/aromatic N) is 2. The van der Waals surface area contributed by atoms with Crippen LogP contribution in [0.4, 0.5) is 0 Å². The molecule has 1 N–H and O–H groups in total. The van der Waals surface area contributed by atoms with Crippen LogP contribution in [0.3, 0.4) is 0 Å².